The fourth-order valence-electron chi connectivity index (χ4n) is 1.25. The summed E-state index contributed by atoms with van der Waals surface area (Å²) in [6.07, 6.45) is 0. The van der Waals surface area contributed by atoms with Crippen LogP contribution in [0.3, 0.4) is 0 Å². The lowest BCUT2D eigenvalue weighted by atomic mass is 9.93. The zero-order valence-electron chi connectivity index (χ0n) is 7.77. The maximum atomic E-state index is 13.2. The molecule has 0 spiro atoms. The number of carboxylic acid groups (broad SMARTS) is 1. The number of halogens is 1. The van der Waals surface area contributed by atoms with Gasteiger partial charge in [-0.25, -0.2) is 4.39 Å². The van der Waals surface area contributed by atoms with E-state index >= 15 is 0 Å². The van der Waals surface area contributed by atoms with Crippen molar-refractivity contribution in [1.82, 2.24) is 0 Å². The quantitative estimate of drug-likeness (QED) is 0.768. The fraction of sp³-hybridized carbons (Fsp3) is 0.300. The number of carboxylic acids is 1. The van der Waals surface area contributed by atoms with Crippen molar-refractivity contribution in [1.29, 1.82) is 0 Å². The van der Waals surface area contributed by atoms with Crippen molar-refractivity contribution < 1.29 is 14.3 Å². The number of hydrogen-bond donors (Lipinski definition) is 2. The summed E-state index contributed by atoms with van der Waals surface area (Å²) in [6.45, 7) is 1.59. The standard InChI is InChI=1S/C10H12FNO2/c1-6(9(12)10(13)14)7-4-2-3-5-8(7)11/h2-6,9H,12H2,1H3,(H,13,14)/t6-,9+/m1/s1. The molecule has 0 saturated heterocycles. The second kappa shape index (κ2) is 4.19. The van der Waals surface area contributed by atoms with Gasteiger partial charge in [-0.1, -0.05) is 25.1 Å². The summed E-state index contributed by atoms with van der Waals surface area (Å²) in [5.41, 5.74) is 5.73. The highest BCUT2D eigenvalue weighted by molar-refractivity contribution is 5.74. The molecular formula is C10H12FNO2. The summed E-state index contributed by atoms with van der Waals surface area (Å²) >= 11 is 0. The Labute approximate surface area is 81.4 Å². The van der Waals surface area contributed by atoms with Crippen molar-refractivity contribution in [3.63, 3.8) is 0 Å². The highest BCUT2D eigenvalue weighted by Gasteiger charge is 2.23. The van der Waals surface area contributed by atoms with Gasteiger partial charge < -0.3 is 10.8 Å². The average Bonchev–Trinajstić information content (AvgIpc) is 2.16. The third-order valence-electron chi connectivity index (χ3n) is 2.22. The van der Waals surface area contributed by atoms with E-state index in [0.717, 1.165) is 0 Å². The Balaban J connectivity index is 2.94. The number of rotatable bonds is 3. The predicted octanol–water partition coefficient (Wildman–Crippen LogP) is 1.34. The molecule has 0 amide bonds. The van der Waals surface area contributed by atoms with Crippen LogP contribution in [0.15, 0.2) is 24.3 Å². The molecule has 0 aliphatic rings. The van der Waals surface area contributed by atoms with E-state index in [1.807, 2.05) is 0 Å². The van der Waals surface area contributed by atoms with Crippen molar-refractivity contribution in [2.45, 2.75) is 18.9 Å². The molecule has 3 N–H and O–H groups in total. The van der Waals surface area contributed by atoms with Crippen LogP contribution in [0.25, 0.3) is 0 Å². The van der Waals surface area contributed by atoms with Gasteiger partial charge in [0.25, 0.3) is 0 Å². The lowest BCUT2D eigenvalue weighted by Gasteiger charge is -2.16. The van der Waals surface area contributed by atoms with Gasteiger partial charge in [-0.15, -0.1) is 0 Å². The smallest absolute Gasteiger partial charge is 0.321 e. The third-order valence-corrected chi connectivity index (χ3v) is 2.22. The Kier molecular flexibility index (Phi) is 3.19. The first-order valence-electron chi connectivity index (χ1n) is 4.27. The molecule has 0 aliphatic carbocycles. The highest BCUT2D eigenvalue weighted by atomic mass is 19.1. The van der Waals surface area contributed by atoms with E-state index in [1.165, 1.54) is 6.07 Å². The molecule has 1 rings (SSSR count). The van der Waals surface area contributed by atoms with E-state index in [2.05, 4.69) is 0 Å². The molecule has 3 nitrogen and oxygen atoms in total. The van der Waals surface area contributed by atoms with Crippen LogP contribution in [0.1, 0.15) is 18.4 Å². The molecule has 1 aromatic carbocycles. The number of nitrogens with two attached hydrogens (primary N) is 1. The van der Waals surface area contributed by atoms with E-state index in [-0.39, 0.29) is 0 Å². The average molecular weight is 197 g/mol. The van der Waals surface area contributed by atoms with E-state index in [0.29, 0.717) is 5.56 Å². The Morgan fingerprint density at radius 3 is 2.57 bits per heavy atom. The van der Waals surface area contributed by atoms with Crippen LogP contribution >= 0.6 is 0 Å². The molecule has 0 saturated carbocycles. The number of carbonyl (C=O) groups is 1. The molecule has 0 heterocycles. The Morgan fingerprint density at radius 2 is 2.07 bits per heavy atom. The van der Waals surface area contributed by atoms with Crippen LogP contribution in [-0.4, -0.2) is 17.1 Å². The second-order valence-electron chi connectivity index (χ2n) is 3.17. The van der Waals surface area contributed by atoms with Gasteiger partial charge >= 0.3 is 5.97 Å². The van der Waals surface area contributed by atoms with Gasteiger partial charge in [-0.05, 0) is 11.6 Å². The van der Waals surface area contributed by atoms with Gasteiger partial charge in [0.2, 0.25) is 0 Å². The number of hydrogen-bond acceptors (Lipinski definition) is 2. The van der Waals surface area contributed by atoms with Crippen LogP contribution in [0.4, 0.5) is 4.39 Å². The first kappa shape index (κ1) is 10.7. The van der Waals surface area contributed by atoms with Crippen LogP contribution in [0.5, 0.6) is 0 Å². The van der Waals surface area contributed by atoms with Crippen molar-refractivity contribution in [2.75, 3.05) is 0 Å². The zero-order valence-corrected chi connectivity index (χ0v) is 7.77. The molecular weight excluding hydrogens is 185 g/mol. The molecule has 0 radical (unpaired) electrons. The summed E-state index contributed by atoms with van der Waals surface area (Å²) < 4.78 is 13.2. The summed E-state index contributed by atoms with van der Waals surface area (Å²) in [5.74, 6) is -2.08. The van der Waals surface area contributed by atoms with Crippen LogP contribution in [0.2, 0.25) is 0 Å². The Morgan fingerprint density at radius 1 is 1.50 bits per heavy atom. The van der Waals surface area contributed by atoms with Crippen molar-refractivity contribution in [3.8, 4) is 0 Å². The lowest BCUT2D eigenvalue weighted by Crippen LogP contribution is -2.35. The maximum Gasteiger partial charge on any atom is 0.321 e. The molecule has 1 aromatic rings. The van der Waals surface area contributed by atoms with Crippen molar-refractivity contribution >= 4 is 5.97 Å². The largest absolute Gasteiger partial charge is 0.480 e. The molecule has 0 bridgehead atoms. The number of aliphatic carboxylic acids is 1. The molecule has 0 aromatic heterocycles. The van der Waals surface area contributed by atoms with Crippen LogP contribution < -0.4 is 5.73 Å². The first-order valence-corrected chi connectivity index (χ1v) is 4.27. The summed E-state index contributed by atoms with van der Waals surface area (Å²) in [6, 6.07) is 4.97. The Hall–Kier alpha value is -1.42. The normalized spacial score (nSPS) is 14.8. The first-order chi connectivity index (χ1) is 6.54. The minimum absolute atomic E-state index is 0.336. The summed E-state index contributed by atoms with van der Waals surface area (Å²) in [7, 11) is 0. The lowest BCUT2D eigenvalue weighted by molar-refractivity contribution is -0.139. The molecule has 14 heavy (non-hydrogen) atoms. The fourth-order valence-corrected chi connectivity index (χ4v) is 1.25. The highest BCUT2D eigenvalue weighted by Crippen LogP contribution is 2.20. The Bertz CT molecular complexity index is 341. The predicted molar refractivity (Wildman–Crippen MR) is 50.4 cm³/mol. The topological polar surface area (TPSA) is 63.3 Å². The molecule has 0 aliphatic heterocycles. The van der Waals surface area contributed by atoms with Crippen molar-refractivity contribution in [2.24, 2.45) is 5.73 Å². The van der Waals surface area contributed by atoms with Gasteiger partial charge in [0.1, 0.15) is 11.9 Å². The van der Waals surface area contributed by atoms with E-state index in [1.54, 1.807) is 25.1 Å². The molecule has 0 fully saturated rings. The number of benzene rings is 1. The van der Waals surface area contributed by atoms with E-state index in [9.17, 15) is 9.18 Å². The zero-order chi connectivity index (χ0) is 10.7. The van der Waals surface area contributed by atoms with Gasteiger partial charge in [-0.3, -0.25) is 4.79 Å². The van der Waals surface area contributed by atoms with Gasteiger partial charge in [0, 0.05) is 5.92 Å². The maximum absolute atomic E-state index is 13.2. The summed E-state index contributed by atoms with van der Waals surface area (Å²) in [4.78, 5) is 10.6. The second-order valence-corrected chi connectivity index (χ2v) is 3.17. The molecule has 4 heteroatoms. The monoisotopic (exact) mass is 197 g/mol. The van der Waals surface area contributed by atoms with Gasteiger partial charge in [0.15, 0.2) is 0 Å². The third kappa shape index (κ3) is 2.09. The van der Waals surface area contributed by atoms with Crippen molar-refractivity contribution in [3.05, 3.63) is 35.6 Å². The molecule has 0 unspecified atom stereocenters. The van der Waals surface area contributed by atoms with E-state index < -0.39 is 23.7 Å². The SMILES string of the molecule is C[C@H](c1ccccc1F)[C@H](N)C(=O)O. The molecule has 2 atom stereocenters. The minimum Gasteiger partial charge on any atom is -0.480 e. The van der Waals surface area contributed by atoms with Gasteiger partial charge in [0.05, 0.1) is 0 Å². The summed E-state index contributed by atoms with van der Waals surface area (Å²) in [5, 5.41) is 8.66. The van der Waals surface area contributed by atoms with Crippen LogP contribution in [-0.2, 0) is 4.79 Å². The van der Waals surface area contributed by atoms with Gasteiger partial charge in [-0.2, -0.15) is 0 Å². The van der Waals surface area contributed by atoms with Crippen LogP contribution in [0, 0.1) is 5.82 Å². The molecule has 76 valence electrons. The van der Waals surface area contributed by atoms with E-state index in [4.69, 9.17) is 10.8 Å². The minimum atomic E-state index is -1.12.